The molecule has 1 heterocycles. The van der Waals surface area contributed by atoms with Crippen LogP contribution in [0.2, 0.25) is 0 Å². The van der Waals surface area contributed by atoms with Crippen molar-refractivity contribution in [1.29, 1.82) is 0 Å². The number of nitrogens with one attached hydrogen (secondary N) is 1. The lowest BCUT2D eigenvalue weighted by atomic mass is 10.1. The predicted molar refractivity (Wildman–Crippen MR) is 61.2 cm³/mol. The van der Waals surface area contributed by atoms with Crippen molar-refractivity contribution < 1.29 is 9.53 Å². The molecule has 16 heavy (non-hydrogen) atoms. The molecule has 0 saturated heterocycles. The van der Waals surface area contributed by atoms with Crippen molar-refractivity contribution in [3.8, 4) is 5.75 Å². The molecule has 0 saturated carbocycles. The minimum atomic E-state index is -0.0291. The second kappa shape index (κ2) is 4.53. The van der Waals surface area contributed by atoms with Crippen LogP contribution in [0.4, 0.5) is 0 Å². The highest BCUT2D eigenvalue weighted by atomic mass is 16.5. The van der Waals surface area contributed by atoms with Crippen molar-refractivity contribution in [1.82, 2.24) is 10.2 Å². The molecule has 0 atom stereocenters. The Morgan fingerprint density at radius 1 is 1.38 bits per heavy atom. The summed E-state index contributed by atoms with van der Waals surface area (Å²) < 4.78 is 5.44. The van der Waals surface area contributed by atoms with Gasteiger partial charge in [-0.15, -0.1) is 0 Å². The lowest BCUT2D eigenvalue weighted by Gasteiger charge is -2.11. The van der Waals surface area contributed by atoms with Crippen molar-refractivity contribution in [3.05, 3.63) is 29.3 Å². The maximum absolute atomic E-state index is 11.3. The van der Waals surface area contributed by atoms with Gasteiger partial charge in [0.25, 0.3) is 5.91 Å². The van der Waals surface area contributed by atoms with Gasteiger partial charge in [-0.25, -0.2) is 0 Å². The Morgan fingerprint density at radius 3 is 2.88 bits per heavy atom. The van der Waals surface area contributed by atoms with Crippen LogP contribution in [-0.4, -0.2) is 31.5 Å². The topological polar surface area (TPSA) is 41.6 Å². The SMILES string of the molecule is CN(C)C(=O)COc1ccc2c(c1)CNC2. The zero-order valence-corrected chi connectivity index (χ0v) is 9.62. The van der Waals surface area contributed by atoms with E-state index in [1.807, 2.05) is 18.2 Å². The van der Waals surface area contributed by atoms with E-state index in [2.05, 4.69) is 5.32 Å². The van der Waals surface area contributed by atoms with E-state index in [1.54, 1.807) is 14.1 Å². The summed E-state index contributed by atoms with van der Waals surface area (Å²) in [6.07, 6.45) is 0. The smallest absolute Gasteiger partial charge is 0.259 e. The highest BCUT2D eigenvalue weighted by Crippen LogP contribution is 2.21. The molecule has 0 spiro atoms. The number of amides is 1. The number of benzene rings is 1. The number of nitrogens with zero attached hydrogens (tertiary/aromatic N) is 1. The van der Waals surface area contributed by atoms with E-state index in [0.29, 0.717) is 0 Å². The molecule has 1 aliphatic heterocycles. The Morgan fingerprint density at radius 2 is 2.12 bits per heavy atom. The first kappa shape index (κ1) is 11.0. The molecule has 0 fully saturated rings. The van der Waals surface area contributed by atoms with Gasteiger partial charge in [-0.05, 0) is 23.3 Å². The molecule has 1 amide bonds. The third-order valence-electron chi connectivity index (χ3n) is 2.67. The zero-order chi connectivity index (χ0) is 11.5. The molecule has 0 radical (unpaired) electrons. The molecular weight excluding hydrogens is 204 g/mol. The van der Waals surface area contributed by atoms with Gasteiger partial charge in [0.05, 0.1) is 0 Å². The Bertz CT molecular complexity index is 402. The molecule has 0 aromatic heterocycles. The first-order valence-electron chi connectivity index (χ1n) is 5.32. The minimum absolute atomic E-state index is 0.0291. The lowest BCUT2D eigenvalue weighted by molar-refractivity contribution is -0.130. The summed E-state index contributed by atoms with van der Waals surface area (Å²) in [5.74, 6) is 0.733. The van der Waals surface area contributed by atoms with Gasteiger partial charge in [0.2, 0.25) is 0 Å². The van der Waals surface area contributed by atoms with Crippen molar-refractivity contribution in [2.75, 3.05) is 20.7 Å². The summed E-state index contributed by atoms with van der Waals surface area (Å²) in [6, 6.07) is 5.96. The van der Waals surface area contributed by atoms with Crippen LogP contribution in [0.25, 0.3) is 0 Å². The molecule has 86 valence electrons. The standard InChI is InChI=1S/C12H16N2O2/c1-14(2)12(15)8-16-11-4-3-9-6-13-7-10(9)5-11/h3-5,13H,6-8H2,1-2H3. The summed E-state index contributed by atoms with van der Waals surface area (Å²) in [5.41, 5.74) is 2.57. The number of fused-ring (bicyclic) bond motifs is 1. The number of hydrogen-bond acceptors (Lipinski definition) is 3. The van der Waals surface area contributed by atoms with E-state index < -0.39 is 0 Å². The second-order valence-electron chi connectivity index (χ2n) is 4.11. The maximum atomic E-state index is 11.3. The number of carbonyl (C=O) groups is 1. The highest BCUT2D eigenvalue weighted by Gasteiger charge is 2.11. The van der Waals surface area contributed by atoms with E-state index in [9.17, 15) is 4.79 Å². The number of hydrogen-bond donors (Lipinski definition) is 1. The van der Waals surface area contributed by atoms with Crippen LogP contribution in [0, 0.1) is 0 Å². The van der Waals surface area contributed by atoms with E-state index in [-0.39, 0.29) is 12.5 Å². The number of ether oxygens (including phenoxy) is 1. The molecule has 1 N–H and O–H groups in total. The number of carbonyl (C=O) groups excluding carboxylic acids is 1. The quantitative estimate of drug-likeness (QED) is 0.817. The van der Waals surface area contributed by atoms with Crippen molar-refractivity contribution in [3.63, 3.8) is 0 Å². The molecule has 4 heteroatoms. The average Bonchev–Trinajstić information content (AvgIpc) is 2.72. The van der Waals surface area contributed by atoms with E-state index in [4.69, 9.17) is 4.74 Å². The molecular formula is C12H16N2O2. The van der Waals surface area contributed by atoms with Gasteiger partial charge in [0.15, 0.2) is 6.61 Å². The van der Waals surface area contributed by atoms with E-state index in [1.165, 1.54) is 16.0 Å². The fourth-order valence-corrected chi connectivity index (χ4v) is 1.64. The Kier molecular flexibility index (Phi) is 3.10. The number of likely N-dealkylation sites (N-methyl/N-ethyl adjacent to an activating group) is 1. The average molecular weight is 220 g/mol. The van der Waals surface area contributed by atoms with E-state index in [0.717, 1.165) is 18.8 Å². The van der Waals surface area contributed by atoms with Crippen LogP contribution in [0.5, 0.6) is 5.75 Å². The van der Waals surface area contributed by atoms with Crippen molar-refractivity contribution >= 4 is 5.91 Å². The van der Waals surface area contributed by atoms with Gasteiger partial charge in [-0.2, -0.15) is 0 Å². The minimum Gasteiger partial charge on any atom is -0.484 e. The van der Waals surface area contributed by atoms with Crippen LogP contribution in [0.3, 0.4) is 0 Å². The summed E-state index contributed by atoms with van der Waals surface area (Å²) in [4.78, 5) is 12.9. The van der Waals surface area contributed by atoms with Crippen molar-refractivity contribution in [2.24, 2.45) is 0 Å². The van der Waals surface area contributed by atoms with E-state index >= 15 is 0 Å². The summed E-state index contributed by atoms with van der Waals surface area (Å²) >= 11 is 0. The molecule has 4 nitrogen and oxygen atoms in total. The van der Waals surface area contributed by atoms with Gasteiger partial charge >= 0.3 is 0 Å². The lowest BCUT2D eigenvalue weighted by Crippen LogP contribution is -2.27. The first-order valence-corrected chi connectivity index (χ1v) is 5.32. The summed E-state index contributed by atoms with van der Waals surface area (Å²) in [7, 11) is 3.44. The highest BCUT2D eigenvalue weighted by molar-refractivity contribution is 5.77. The van der Waals surface area contributed by atoms with Gasteiger partial charge in [-0.1, -0.05) is 6.07 Å². The monoisotopic (exact) mass is 220 g/mol. The van der Waals surface area contributed by atoms with Crippen LogP contribution < -0.4 is 10.1 Å². The molecule has 2 rings (SSSR count). The first-order chi connectivity index (χ1) is 7.66. The molecule has 0 aliphatic carbocycles. The summed E-state index contributed by atoms with van der Waals surface area (Å²) in [6.45, 7) is 1.90. The van der Waals surface area contributed by atoms with Gasteiger partial charge < -0.3 is 15.0 Å². The summed E-state index contributed by atoms with van der Waals surface area (Å²) in [5, 5.41) is 3.27. The molecule has 1 aromatic carbocycles. The van der Waals surface area contributed by atoms with Crippen molar-refractivity contribution in [2.45, 2.75) is 13.1 Å². The van der Waals surface area contributed by atoms with Gasteiger partial charge in [0.1, 0.15) is 5.75 Å². The fraction of sp³-hybridized carbons (Fsp3) is 0.417. The molecule has 0 unspecified atom stereocenters. The third-order valence-corrected chi connectivity index (χ3v) is 2.67. The Hall–Kier alpha value is -1.55. The fourth-order valence-electron chi connectivity index (χ4n) is 1.64. The normalized spacial score (nSPS) is 13.4. The van der Waals surface area contributed by atoms with Gasteiger partial charge in [0, 0.05) is 27.2 Å². The molecule has 1 aromatic rings. The Balaban J connectivity index is 1.98. The molecule has 1 aliphatic rings. The van der Waals surface area contributed by atoms with Crippen LogP contribution >= 0.6 is 0 Å². The van der Waals surface area contributed by atoms with Gasteiger partial charge in [-0.3, -0.25) is 4.79 Å². The second-order valence-corrected chi connectivity index (χ2v) is 4.11. The molecule has 0 bridgehead atoms. The Labute approximate surface area is 95.2 Å². The van der Waals surface area contributed by atoms with Crippen LogP contribution in [-0.2, 0) is 17.9 Å². The largest absolute Gasteiger partial charge is 0.484 e. The maximum Gasteiger partial charge on any atom is 0.259 e. The van der Waals surface area contributed by atoms with Crippen LogP contribution in [0.1, 0.15) is 11.1 Å². The number of rotatable bonds is 3. The third kappa shape index (κ3) is 2.33. The zero-order valence-electron chi connectivity index (χ0n) is 9.62. The predicted octanol–water partition coefficient (Wildman–Crippen LogP) is 0.757. The van der Waals surface area contributed by atoms with Crippen LogP contribution in [0.15, 0.2) is 18.2 Å².